The van der Waals surface area contributed by atoms with Crippen LogP contribution in [0.4, 0.5) is 0 Å². The molecule has 0 radical (unpaired) electrons. The highest BCUT2D eigenvalue weighted by atomic mass is 16.3. The minimum atomic E-state index is -0.309. The Kier molecular flexibility index (Phi) is 3.50. The zero-order chi connectivity index (χ0) is 15.5. The van der Waals surface area contributed by atoms with Crippen LogP contribution in [0.5, 0.6) is 0 Å². The topological polar surface area (TPSA) is 57.5 Å². The first-order chi connectivity index (χ1) is 10.6. The Morgan fingerprint density at radius 1 is 1.18 bits per heavy atom. The van der Waals surface area contributed by atoms with E-state index in [4.69, 9.17) is 0 Å². The van der Waals surface area contributed by atoms with Crippen molar-refractivity contribution in [2.24, 2.45) is 29.1 Å². The molecule has 0 bridgehead atoms. The van der Waals surface area contributed by atoms with Gasteiger partial charge in [0.25, 0.3) is 0 Å². The van der Waals surface area contributed by atoms with Gasteiger partial charge in [0.15, 0.2) is 5.78 Å². The van der Waals surface area contributed by atoms with E-state index in [1.165, 1.54) is 5.57 Å². The van der Waals surface area contributed by atoms with E-state index >= 15 is 0 Å². The second kappa shape index (κ2) is 5.17. The van der Waals surface area contributed by atoms with Gasteiger partial charge in [-0.25, -0.2) is 0 Å². The monoisotopic (exact) mass is 304 g/mol. The first-order valence-corrected chi connectivity index (χ1v) is 9.16. The van der Waals surface area contributed by atoms with E-state index in [0.717, 1.165) is 44.9 Å². The standard InChI is InChI=1S/C19H28O3/c1-2-19-10-16(21)18-13-6-4-12(20)9-11(13)3-5-14(18)15(19)7-8-17(19)22/h9,13-18,21-22H,2-8,10H2,1H3/t13-,14-,15-,16-,17-,18+,19-/m0/s1. The number of hydrogen-bond acceptors (Lipinski definition) is 3. The fourth-order valence-corrected chi connectivity index (χ4v) is 6.67. The van der Waals surface area contributed by atoms with E-state index in [2.05, 4.69) is 6.92 Å². The maximum absolute atomic E-state index is 11.7. The van der Waals surface area contributed by atoms with Crippen LogP contribution in [0.1, 0.15) is 58.3 Å². The molecule has 0 aromatic carbocycles. The molecule has 0 saturated heterocycles. The third-order valence-electron chi connectivity index (χ3n) is 7.61. The Balaban J connectivity index is 1.69. The van der Waals surface area contributed by atoms with E-state index in [1.807, 2.05) is 6.08 Å². The number of aliphatic hydroxyl groups is 2. The predicted molar refractivity (Wildman–Crippen MR) is 84.1 cm³/mol. The van der Waals surface area contributed by atoms with E-state index < -0.39 is 0 Å². The van der Waals surface area contributed by atoms with Crippen LogP contribution in [0.3, 0.4) is 0 Å². The normalized spacial score (nSPS) is 50.9. The first kappa shape index (κ1) is 14.9. The zero-order valence-electron chi connectivity index (χ0n) is 13.5. The number of ketones is 1. The van der Waals surface area contributed by atoms with Crippen LogP contribution in [0.25, 0.3) is 0 Å². The molecule has 0 spiro atoms. The van der Waals surface area contributed by atoms with E-state index in [-0.39, 0.29) is 23.4 Å². The summed E-state index contributed by atoms with van der Waals surface area (Å²) >= 11 is 0. The Morgan fingerprint density at radius 3 is 2.77 bits per heavy atom. The number of hydrogen-bond donors (Lipinski definition) is 2. The second-order valence-electron chi connectivity index (χ2n) is 8.17. The van der Waals surface area contributed by atoms with Crippen LogP contribution < -0.4 is 0 Å². The summed E-state index contributed by atoms with van der Waals surface area (Å²) in [6.45, 7) is 2.18. The average Bonchev–Trinajstić information content (AvgIpc) is 2.84. The molecular weight excluding hydrogens is 276 g/mol. The van der Waals surface area contributed by atoms with Gasteiger partial charge in [0.05, 0.1) is 12.2 Å². The summed E-state index contributed by atoms with van der Waals surface area (Å²) in [5.74, 6) is 2.12. The van der Waals surface area contributed by atoms with Crippen molar-refractivity contribution in [2.45, 2.75) is 70.5 Å². The zero-order valence-corrected chi connectivity index (χ0v) is 13.5. The first-order valence-electron chi connectivity index (χ1n) is 9.16. The third-order valence-corrected chi connectivity index (χ3v) is 7.61. The Labute approximate surface area is 132 Å². The van der Waals surface area contributed by atoms with Crippen molar-refractivity contribution in [3.05, 3.63) is 11.6 Å². The summed E-state index contributed by atoms with van der Waals surface area (Å²) in [5, 5.41) is 21.5. The summed E-state index contributed by atoms with van der Waals surface area (Å²) in [6, 6.07) is 0. The molecular formula is C19H28O3. The molecule has 122 valence electrons. The maximum atomic E-state index is 11.7. The SMILES string of the molecule is CC[C@]12C[C@H](O)[C@H]3[C@@H](CCC4=CC(=O)CC[C@@H]43)[C@@H]1CC[C@@H]2O. The third kappa shape index (κ3) is 1.91. The largest absolute Gasteiger partial charge is 0.393 e. The van der Waals surface area contributed by atoms with Gasteiger partial charge in [-0.1, -0.05) is 12.5 Å². The molecule has 4 rings (SSSR count). The quantitative estimate of drug-likeness (QED) is 0.783. The van der Waals surface area contributed by atoms with Crippen LogP contribution in [0, 0.1) is 29.1 Å². The number of rotatable bonds is 1. The number of carbonyl (C=O) groups is 1. The van der Waals surface area contributed by atoms with Crippen molar-refractivity contribution in [2.75, 3.05) is 0 Å². The predicted octanol–water partition coefficient (Wildman–Crippen LogP) is 2.85. The molecule has 3 heteroatoms. The summed E-state index contributed by atoms with van der Waals surface area (Å²) < 4.78 is 0. The molecule has 0 aliphatic heterocycles. The number of fused-ring (bicyclic) bond motifs is 5. The summed E-state index contributed by atoms with van der Waals surface area (Å²) in [7, 11) is 0. The van der Waals surface area contributed by atoms with Crippen molar-refractivity contribution < 1.29 is 15.0 Å². The highest BCUT2D eigenvalue weighted by Crippen LogP contribution is 2.63. The van der Waals surface area contributed by atoms with Gasteiger partial charge in [-0.15, -0.1) is 0 Å². The summed E-state index contributed by atoms with van der Waals surface area (Å²) in [4.78, 5) is 11.7. The van der Waals surface area contributed by atoms with Crippen LogP contribution in [0.15, 0.2) is 11.6 Å². The Morgan fingerprint density at radius 2 is 2.00 bits per heavy atom. The van der Waals surface area contributed by atoms with Crippen LogP contribution in [-0.2, 0) is 4.79 Å². The van der Waals surface area contributed by atoms with Crippen molar-refractivity contribution in [1.29, 1.82) is 0 Å². The Hall–Kier alpha value is -0.670. The van der Waals surface area contributed by atoms with Crippen LogP contribution in [0.2, 0.25) is 0 Å². The lowest BCUT2D eigenvalue weighted by atomic mass is 9.50. The molecule has 7 atom stereocenters. The lowest BCUT2D eigenvalue weighted by molar-refractivity contribution is -0.131. The summed E-state index contributed by atoms with van der Waals surface area (Å²) in [6.07, 6.45) is 8.79. The fourth-order valence-electron chi connectivity index (χ4n) is 6.67. The molecule has 3 nitrogen and oxygen atoms in total. The van der Waals surface area contributed by atoms with Crippen LogP contribution >= 0.6 is 0 Å². The van der Waals surface area contributed by atoms with Crippen molar-refractivity contribution >= 4 is 5.78 Å². The molecule has 4 aliphatic rings. The smallest absolute Gasteiger partial charge is 0.155 e. The maximum Gasteiger partial charge on any atom is 0.155 e. The molecule has 0 aromatic rings. The van der Waals surface area contributed by atoms with Gasteiger partial charge in [-0.3, -0.25) is 4.79 Å². The summed E-state index contributed by atoms with van der Waals surface area (Å²) in [5.41, 5.74) is 1.26. The minimum Gasteiger partial charge on any atom is -0.393 e. The fraction of sp³-hybridized carbons (Fsp3) is 0.842. The molecule has 0 heterocycles. The Bertz CT molecular complexity index is 511. The average molecular weight is 304 g/mol. The van der Waals surface area contributed by atoms with Gasteiger partial charge in [0.1, 0.15) is 0 Å². The van der Waals surface area contributed by atoms with Crippen molar-refractivity contribution in [3.8, 4) is 0 Å². The lowest BCUT2D eigenvalue weighted by Crippen LogP contribution is -2.54. The van der Waals surface area contributed by atoms with E-state index in [1.54, 1.807) is 0 Å². The van der Waals surface area contributed by atoms with Crippen molar-refractivity contribution in [3.63, 3.8) is 0 Å². The van der Waals surface area contributed by atoms with Gasteiger partial charge in [0.2, 0.25) is 0 Å². The molecule has 0 unspecified atom stereocenters. The van der Waals surface area contributed by atoms with Gasteiger partial charge >= 0.3 is 0 Å². The highest BCUT2D eigenvalue weighted by Gasteiger charge is 2.60. The highest BCUT2D eigenvalue weighted by molar-refractivity contribution is 5.91. The van der Waals surface area contributed by atoms with Gasteiger partial charge in [-0.05, 0) is 74.7 Å². The molecule has 22 heavy (non-hydrogen) atoms. The number of aliphatic hydroxyl groups excluding tert-OH is 2. The molecule has 3 fully saturated rings. The van der Waals surface area contributed by atoms with Gasteiger partial charge < -0.3 is 10.2 Å². The van der Waals surface area contributed by atoms with Crippen LogP contribution in [-0.4, -0.2) is 28.2 Å². The number of carbonyl (C=O) groups excluding carboxylic acids is 1. The van der Waals surface area contributed by atoms with Gasteiger partial charge in [0, 0.05) is 11.8 Å². The minimum absolute atomic E-state index is 0.0493. The second-order valence-corrected chi connectivity index (χ2v) is 8.17. The molecule has 2 N–H and O–H groups in total. The molecule has 0 aromatic heterocycles. The number of allylic oxidation sites excluding steroid dienone is 1. The molecule has 4 aliphatic carbocycles. The molecule has 0 amide bonds. The van der Waals surface area contributed by atoms with E-state index in [0.29, 0.717) is 30.1 Å². The lowest BCUT2D eigenvalue weighted by Gasteiger charge is -2.56. The molecule has 3 saturated carbocycles. The van der Waals surface area contributed by atoms with Gasteiger partial charge in [-0.2, -0.15) is 0 Å². The van der Waals surface area contributed by atoms with E-state index in [9.17, 15) is 15.0 Å². The van der Waals surface area contributed by atoms with Crippen molar-refractivity contribution in [1.82, 2.24) is 0 Å².